The summed E-state index contributed by atoms with van der Waals surface area (Å²) in [6.07, 6.45) is 4.09. The minimum Gasteiger partial charge on any atom is -1.00 e. The number of nitrogens with one attached hydrogen (secondary N) is 1. The maximum absolute atomic E-state index is 13.9. The Morgan fingerprint density at radius 2 is 1.67 bits per heavy atom. The van der Waals surface area contributed by atoms with Crippen LogP contribution in [0.3, 0.4) is 0 Å². The molecule has 0 aliphatic heterocycles. The van der Waals surface area contributed by atoms with Crippen LogP contribution in [-0.2, 0) is 13.0 Å². The number of rotatable bonds is 10. The minimum absolute atomic E-state index is 0. The number of benzene rings is 3. The summed E-state index contributed by atoms with van der Waals surface area (Å²) < 4.78 is 12.4. The first-order chi connectivity index (χ1) is 20.0. The molecule has 0 unspecified atom stereocenters. The Balaban J connectivity index is 0.00000212. The molecule has 0 bridgehead atoms. The van der Waals surface area contributed by atoms with Gasteiger partial charge in [0.05, 0.1) is 24.4 Å². The Hall–Kier alpha value is -3.08. The number of hydrogen-bond donors (Lipinski definition) is 1. The molecule has 1 aliphatic carbocycles. The van der Waals surface area contributed by atoms with Gasteiger partial charge in [-0.2, -0.15) is 0 Å². The fourth-order valence-corrected chi connectivity index (χ4v) is 5.10. The second kappa shape index (κ2) is 13.5. The van der Waals surface area contributed by atoms with E-state index in [9.17, 15) is 9.59 Å². The Labute approximate surface area is 288 Å². The molecule has 9 heteroatoms. The van der Waals surface area contributed by atoms with Crippen molar-refractivity contribution in [3.63, 3.8) is 0 Å². The van der Waals surface area contributed by atoms with Gasteiger partial charge in [0.2, 0.25) is 0 Å². The summed E-state index contributed by atoms with van der Waals surface area (Å²) in [5.41, 5.74) is 5.78. The number of aromatic amines is 1. The Morgan fingerprint density at radius 1 is 0.976 bits per heavy atom. The summed E-state index contributed by atoms with van der Waals surface area (Å²) in [6.45, 7) is 5.17. The predicted molar refractivity (Wildman–Crippen MR) is 159 cm³/mol. The zero-order valence-electron chi connectivity index (χ0n) is 25.2. The minimum atomic E-state index is -0.595. The van der Waals surface area contributed by atoms with E-state index in [1.54, 1.807) is 4.57 Å². The van der Waals surface area contributed by atoms with Gasteiger partial charge in [-0.15, -0.1) is 0 Å². The van der Waals surface area contributed by atoms with Crippen molar-refractivity contribution in [1.82, 2.24) is 19.7 Å². The average molecular weight is 589 g/mol. The standard InChI is InChI=1S/C33H32N4O4.K.H/c1-3-6-29-34-21(2)30(25-15-17-26(18-16-25)40-20-23-9-10-23)32(38)37(29)19-22-11-13-24(14-12-22)27-7-4-5-8-28(27)31-35-33(39)41-36-31;;/h4-5,7-8,11-18,23H,3,6,9-10,19-20H2,1-2H3,(H,35,36,39);;/q;+1;-1. The third kappa shape index (κ3) is 6.76. The van der Waals surface area contributed by atoms with E-state index in [0.29, 0.717) is 30.3 Å². The van der Waals surface area contributed by atoms with Crippen molar-refractivity contribution in [3.8, 4) is 39.4 Å². The molecule has 1 saturated carbocycles. The molecule has 2 heterocycles. The van der Waals surface area contributed by atoms with Crippen LogP contribution in [0.4, 0.5) is 0 Å². The van der Waals surface area contributed by atoms with Crippen molar-refractivity contribution in [2.45, 2.75) is 46.1 Å². The van der Waals surface area contributed by atoms with Crippen LogP contribution in [0.2, 0.25) is 0 Å². The zero-order valence-corrected chi connectivity index (χ0v) is 27.3. The molecular formula is C33H33KN4O4. The van der Waals surface area contributed by atoms with Crippen LogP contribution < -0.4 is 67.4 Å². The van der Waals surface area contributed by atoms with Crippen molar-refractivity contribution in [3.05, 3.63) is 111 Å². The molecule has 0 amide bonds. The summed E-state index contributed by atoms with van der Waals surface area (Å²) in [5.74, 6) is 2.08. The molecule has 210 valence electrons. The van der Waals surface area contributed by atoms with Gasteiger partial charge in [-0.25, -0.2) is 9.78 Å². The van der Waals surface area contributed by atoms with Gasteiger partial charge in [0, 0.05) is 12.0 Å². The molecule has 0 spiro atoms. The number of nitrogens with zero attached hydrogens (tertiary/aromatic N) is 3. The quantitative estimate of drug-likeness (QED) is 0.252. The van der Waals surface area contributed by atoms with Gasteiger partial charge in [0.25, 0.3) is 5.56 Å². The number of aromatic nitrogens is 4. The second-order valence-corrected chi connectivity index (χ2v) is 10.6. The van der Waals surface area contributed by atoms with Crippen LogP contribution >= 0.6 is 0 Å². The number of aryl methyl sites for hydroxylation is 2. The van der Waals surface area contributed by atoms with Crippen LogP contribution in [0.15, 0.2) is 86.9 Å². The summed E-state index contributed by atoms with van der Waals surface area (Å²) in [5, 5.41) is 3.85. The van der Waals surface area contributed by atoms with Crippen molar-refractivity contribution >= 4 is 0 Å². The fourth-order valence-electron chi connectivity index (χ4n) is 5.10. The van der Waals surface area contributed by atoms with E-state index in [-0.39, 0.29) is 58.4 Å². The van der Waals surface area contributed by atoms with E-state index in [1.165, 1.54) is 12.8 Å². The van der Waals surface area contributed by atoms with E-state index in [0.717, 1.165) is 58.1 Å². The molecule has 6 rings (SSSR count). The first-order valence-corrected chi connectivity index (χ1v) is 14.1. The molecule has 0 atom stereocenters. The van der Waals surface area contributed by atoms with Gasteiger partial charge >= 0.3 is 57.1 Å². The van der Waals surface area contributed by atoms with Crippen molar-refractivity contribution < 1.29 is 62.1 Å². The summed E-state index contributed by atoms with van der Waals surface area (Å²) in [6, 6.07) is 23.5. The smallest absolute Gasteiger partial charge is 1.00 e. The largest absolute Gasteiger partial charge is 1.00 e. The van der Waals surface area contributed by atoms with E-state index >= 15 is 0 Å². The third-order valence-electron chi connectivity index (χ3n) is 7.46. The molecule has 0 saturated heterocycles. The number of ether oxygens (including phenoxy) is 1. The van der Waals surface area contributed by atoms with E-state index in [1.807, 2.05) is 79.7 Å². The third-order valence-corrected chi connectivity index (χ3v) is 7.46. The summed E-state index contributed by atoms with van der Waals surface area (Å²) in [4.78, 5) is 33.0. The number of H-pyrrole nitrogens is 1. The topological polar surface area (TPSA) is 103 Å². The van der Waals surface area contributed by atoms with Gasteiger partial charge in [-0.1, -0.05) is 72.7 Å². The van der Waals surface area contributed by atoms with Crippen molar-refractivity contribution in [2.24, 2.45) is 5.92 Å². The SMILES string of the molecule is CCCc1nc(C)c(-c2ccc(OCC3CC3)cc2)c(=O)n1Cc1ccc(-c2ccccc2-c2noc(=O)[nH]2)cc1.[H-].[K+]. The van der Waals surface area contributed by atoms with Gasteiger partial charge in [0.1, 0.15) is 11.6 Å². The Kier molecular flexibility index (Phi) is 9.75. The monoisotopic (exact) mass is 588 g/mol. The molecule has 8 nitrogen and oxygen atoms in total. The Morgan fingerprint density at radius 3 is 2.31 bits per heavy atom. The molecule has 42 heavy (non-hydrogen) atoms. The van der Waals surface area contributed by atoms with E-state index in [2.05, 4.69) is 17.1 Å². The van der Waals surface area contributed by atoms with Crippen LogP contribution in [-0.4, -0.2) is 26.3 Å². The molecule has 1 fully saturated rings. The van der Waals surface area contributed by atoms with Gasteiger partial charge < -0.3 is 6.16 Å². The molecule has 2 aromatic heterocycles. The normalized spacial score (nSPS) is 12.6. The first-order valence-electron chi connectivity index (χ1n) is 14.1. The van der Waals surface area contributed by atoms with Gasteiger partial charge in [-0.3, -0.25) is 18.9 Å². The van der Waals surface area contributed by atoms with Crippen LogP contribution in [0.25, 0.3) is 33.6 Å². The molecular weight excluding hydrogens is 555 g/mol. The predicted octanol–water partition coefficient (Wildman–Crippen LogP) is 3.14. The fraction of sp³-hybridized carbons (Fsp3) is 0.273. The van der Waals surface area contributed by atoms with E-state index in [4.69, 9.17) is 14.2 Å². The maximum atomic E-state index is 13.9. The molecule has 1 aliphatic rings. The summed E-state index contributed by atoms with van der Waals surface area (Å²) >= 11 is 0. The molecule has 1 N–H and O–H groups in total. The van der Waals surface area contributed by atoms with Crippen LogP contribution in [0, 0.1) is 12.8 Å². The first kappa shape index (κ1) is 30.4. The van der Waals surface area contributed by atoms with Crippen LogP contribution in [0.1, 0.15) is 44.7 Å². The van der Waals surface area contributed by atoms with Gasteiger partial charge in [0.15, 0.2) is 5.82 Å². The van der Waals surface area contributed by atoms with Crippen LogP contribution in [0.5, 0.6) is 5.75 Å². The average Bonchev–Trinajstić information content (AvgIpc) is 3.72. The second-order valence-electron chi connectivity index (χ2n) is 10.6. The van der Waals surface area contributed by atoms with E-state index < -0.39 is 5.76 Å². The Bertz CT molecular complexity index is 1790. The van der Waals surface area contributed by atoms with Crippen molar-refractivity contribution in [1.29, 1.82) is 0 Å². The van der Waals surface area contributed by atoms with Crippen molar-refractivity contribution in [2.75, 3.05) is 6.61 Å². The molecule has 0 radical (unpaired) electrons. The summed E-state index contributed by atoms with van der Waals surface area (Å²) in [7, 11) is 0. The molecule has 5 aromatic rings. The maximum Gasteiger partial charge on any atom is 1.00 e. The van der Waals surface area contributed by atoms with Gasteiger partial charge in [-0.05, 0) is 66.5 Å². The molecule has 3 aromatic carbocycles. The number of hydrogen-bond acceptors (Lipinski definition) is 6. The zero-order chi connectivity index (χ0) is 28.3.